The molecule has 0 atom stereocenters. The molecule has 0 aromatic rings. The van der Waals surface area contributed by atoms with Gasteiger partial charge in [-0.3, -0.25) is 4.79 Å². The molecule has 0 saturated heterocycles. The molecule has 0 radical (unpaired) electrons. The second kappa shape index (κ2) is 7.10. The summed E-state index contributed by atoms with van der Waals surface area (Å²) < 4.78 is 0. The molecule has 0 unspecified atom stereocenters. The maximum absolute atomic E-state index is 11.1. The first-order valence-corrected chi connectivity index (χ1v) is 4.62. The maximum atomic E-state index is 11.1. The molecule has 0 bridgehead atoms. The second-order valence-electron chi connectivity index (χ2n) is 2.96. The number of hydrogen-bond donors (Lipinski definition) is 1. The quantitative estimate of drug-likeness (QED) is 0.644. The van der Waals surface area contributed by atoms with Crippen LogP contribution in [0, 0.1) is 0 Å². The Labute approximate surface area is 75.1 Å². The highest BCUT2D eigenvalue weighted by molar-refractivity contribution is 5.73. The standard InChI is InChI=1S/C9H20N2O/c1-4-5-7-11(9(2)12)8-6-10-3/h10H,4-8H2,1-3H3. The van der Waals surface area contributed by atoms with Crippen molar-refractivity contribution in [3.63, 3.8) is 0 Å². The summed E-state index contributed by atoms with van der Waals surface area (Å²) in [6.45, 7) is 6.37. The molecule has 0 aromatic carbocycles. The number of unbranched alkanes of at least 4 members (excludes halogenated alkanes) is 1. The van der Waals surface area contributed by atoms with Gasteiger partial charge >= 0.3 is 0 Å². The fourth-order valence-corrected chi connectivity index (χ4v) is 1.02. The minimum Gasteiger partial charge on any atom is -0.342 e. The molecule has 12 heavy (non-hydrogen) atoms. The lowest BCUT2D eigenvalue weighted by molar-refractivity contribution is -0.128. The number of amides is 1. The van der Waals surface area contributed by atoms with Crippen LogP contribution in [-0.4, -0.2) is 37.5 Å². The fraction of sp³-hybridized carbons (Fsp3) is 0.889. The summed E-state index contributed by atoms with van der Waals surface area (Å²) in [4.78, 5) is 12.9. The molecule has 0 aliphatic carbocycles. The SMILES string of the molecule is CCCCN(CCNC)C(C)=O. The minimum atomic E-state index is 0.179. The summed E-state index contributed by atoms with van der Waals surface area (Å²) in [5.41, 5.74) is 0. The molecular formula is C9H20N2O. The van der Waals surface area contributed by atoms with Gasteiger partial charge in [-0.1, -0.05) is 13.3 Å². The number of hydrogen-bond acceptors (Lipinski definition) is 2. The van der Waals surface area contributed by atoms with Crippen molar-refractivity contribution in [1.82, 2.24) is 10.2 Å². The molecule has 0 heterocycles. The van der Waals surface area contributed by atoms with Crippen molar-refractivity contribution in [1.29, 1.82) is 0 Å². The highest BCUT2D eigenvalue weighted by Crippen LogP contribution is 1.94. The largest absolute Gasteiger partial charge is 0.342 e. The summed E-state index contributed by atoms with van der Waals surface area (Å²) in [5, 5.41) is 3.04. The van der Waals surface area contributed by atoms with Crippen molar-refractivity contribution in [2.24, 2.45) is 0 Å². The number of nitrogens with zero attached hydrogens (tertiary/aromatic N) is 1. The molecule has 0 fully saturated rings. The van der Waals surface area contributed by atoms with E-state index in [4.69, 9.17) is 0 Å². The molecule has 0 saturated carbocycles. The van der Waals surface area contributed by atoms with Gasteiger partial charge in [0, 0.05) is 26.6 Å². The Hall–Kier alpha value is -0.570. The van der Waals surface area contributed by atoms with E-state index in [9.17, 15) is 4.79 Å². The van der Waals surface area contributed by atoms with Crippen LogP contribution in [0.15, 0.2) is 0 Å². The van der Waals surface area contributed by atoms with Crippen molar-refractivity contribution in [3.8, 4) is 0 Å². The van der Waals surface area contributed by atoms with E-state index >= 15 is 0 Å². The number of likely N-dealkylation sites (N-methyl/N-ethyl adjacent to an activating group) is 1. The van der Waals surface area contributed by atoms with Crippen LogP contribution >= 0.6 is 0 Å². The molecule has 0 aliphatic heterocycles. The summed E-state index contributed by atoms with van der Waals surface area (Å²) in [7, 11) is 1.90. The topological polar surface area (TPSA) is 32.3 Å². The first kappa shape index (κ1) is 11.4. The Morgan fingerprint density at radius 2 is 2.08 bits per heavy atom. The average Bonchev–Trinajstić information content (AvgIpc) is 2.04. The van der Waals surface area contributed by atoms with E-state index in [1.165, 1.54) is 0 Å². The van der Waals surface area contributed by atoms with E-state index in [1.807, 2.05) is 11.9 Å². The van der Waals surface area contributed by atoms with Crippen LogP contribution in [0.4, 0.5) is 0 Å². The summed E-state index contributed by atoms with van der Waals surface area (Å²) in [6, 6.07) is 0. The molecule has 0 rings (SSSR count). The predicted molar refractivity (Wildman–Crippen MR) is 51.1 cm³/mol. The van der Waals surface area contributed by atoms with Gasteiger partial charge in [-0.25, -0.2) is 0 Å². The highest BCUT2D eigenvalue weighted by Gasteiger charge is 2.05. The molecule has 3 nitrogen and oxygen atoms in total. The lowest BCUT2D eigenvalue weighted by Crippen LogP contribution is -2.35. The zero-order valence-corrected chi connectivity index (χ0v) is 8.39. The highest BCUT2D eigenvalue weighted by atomic mass is 16.2. The van der Waals surface area contributed by atoms with Crippen molar-refractivity contribution in [3.05, 3.63) is 0 Å². The number of nitrogens with one attached hydrogen (secondary N) is 1. The van der Waals surface area contributed by atoms with Crippen LogP contribution in [-0.2, 0) is 4.79 Å². The zero-order valence-electron chi connectivity index (χ0n) is 8.39. The molecule has 0 aromatic heterocycles. The van der Waals surface area contributed by atoms with Gasteiger partial charge in [-0.05, 0) is 13.5 Å². The third-order valence-electron chi connectivity index (χ3n) is 1.86. The monoisotopic (exact) mass is 172 g/mol. The lowest BCUT2D eigenvalue weighted by atomic mass is 10.3. The summed E-state index contributed by atoms with van der Waals surface area (Å²) in [6.07, 6.45) is 2.24. The van der Waals surface area contributed by atoms with Crippen LogP contribution in [0.25, 0.3) is 0 Å². The first-order chi connectivity index (χ1) is 5.72. The van der Waals surface area contributed by atoms with E-state index in [0.29, 0.717) is 0 Å². The third kappa shape index (κ3) is 5.13. The Morgan fingerprint density at radius 1 is 1.42 bits per heavy atom. The molecule has 72 valence electrons. The van der Waals surface area contributed by atoms with Crippen molar-refractivity contribution < 1.29 is 4.79 Å². The van der Waals surface area contributed by atoms with E-state index in [0.717, 1.165) is 32.5 Å². The Kier molecular flexibility index (Phi) is 6.76. The average molecular weight is 172 g/mol. The van der Waals surface area contributed by atoms with Gasteiger partial charge in [0.05, 0.1) is 0 Å². The van der Waals surface area contributed by atoms with Gasteiger partial charge in [0.25, 0.3) is 0 Å². The maximum Gasteiger partial charge on any atom is 0.219 e. The number of carbonyl (C=O) groups excluding carboxylic acids is 1. The van der Waals surface area contributed by atoms with E-state index in [-0.39, 0.29) is 5.91 Å². The van der Waals surface area contributed by atoms with E-state index in [1.54, 1.807) is 6.92 Å². The molecule has 0 spiro atoms. The van der Waals surface area contributed by atoms with Gasteiger partial charge in [0.1, 0.15) is 0 Å². The number of rotatable bonds is 6. The van der Waals surface area contributed by atoms with E-state index in [2.05, 4.69) is 12.2 Å². The molecule has 3 heteroatoms. The van der Waals surface area contributed by atoms with Crippen LogP contribution in [0.3, 0.4) is 0 Å². The smallest absolute Gasteiger partial charge is 0.219 e. The normalized spacial score (nSPS) is 9.92. The Bertz CT molecular complexity index is 118. The summed E-state index contributed by atoms with van der Waals surface area (Å²) >= 11 is 0. The van der Waals surface area contributed by atoms with Gasteiger partial charge < -0.3 is 10.2 Å². The molecule has 1 N–H and O–H groups in total. The first-order valence-electron chi connectivity index (χ1n) is 4.62. The second-order valence-corrected chi connectivity index (χ2v) is 2.96. The van der Waals surface area contributed by atoms with Crippen molar-refractivity contribution in [2.75, 3.05) is 26.7 Å². The Balaban J connectivity index is 3.62. The van der Waals surface area contributed by atoms with Gasteiger partial charge in [-0.15, -0.1) is 0 Å². The predicted octanol–water partition coefficient (Wildman–Crippen LogP) is 0.854. The minimum absolute atomic E-state index is 0.179. The lowest BCUT2D eigenvalue weighted by Gasteiger charge is -2.20. The summed E-state index contributed by atoms with van der Waals surface area (Å²) in [5.74, 6) is 0.179. The van der Waals surface area contributed by atoms with Gasteiger partial charge in [-0.2, -0.15) is 0 Å². The van der Waals surface area contributed by atoms with Crippen LogP contribution in [0.5, 0.6) is 0 Å². The van der Waals surface area contributed by atoms with Crippen LogP contribution in [0.1, 0.15) is 26.7 Å². The zero-order chi connectivity index (χ0) is 9.40. The molecule has 0 aliphatic rings. The van der Waals surface area contributed by atoms with Crippen molar-refractivity contribution >= 4 is 5.91 Å². The van der Waals surface area contributed by atoms with Crippen molar-refractivity contribution in [2.45, 2.75) is 26.7 Å². The van der Waals surface area contributed by atoms with Crippen LogP contribution in [0.2, 0.25) is 0 Å². The molecular weight excluding hydrogens is 152 g/mol. The van der Waals surface area contributed by atoms with Gasteiger partial charge in [0.15, 0.2) is 0 Å². The molecule has 1 amide bonds. The van der Waals surface area contributed by atoms with Gasteiger partial charge in [0.2, 0.25) is 5.91 Å². The Morgan fingerprint density at radius 3 is 2.50 bits per heavy atom. The van der Waals surface area contributed by atoms with E-state index < -0.39 is 0 Å². The number of carbonyl (C=O) groups is 1. The van der Waals surface area contributed by atoms with Crippen LogP contribution < -0.4 is 5.32 Å². The fourth-order valence-electron chi connectivity index (χ4n) is 1.02. The third-order valence-corrected chi connectivity index (χ3v) is 1.86.